The summed E-state index contributed by atoms with van der Waals surface area (Å²) in [6, 6.07) is 8.39. The van der Waals surface area contributed by atoms with Gasteiger partial charge in [0, 0.05) is 17.4 Å². The number of benzene rings is 1. The zero-order valence-corrected chi connectivity index (χ0v) is 13.5. The number of thioether (sulfide) groups is 1. The van der Waals surface area contributed by atoms with Crippen LogP contribution in [0.2, 0.25) is 0 Å². The fourth-order valence-electron chi connectivity index (χ4n) is 2.11. The number of rotatable bonds is 8. The fourth-order valence-corrected chi connectivity index (χ4v) is 3.03. The summed E-state index contributed by atoms with van der Waals surface area (Å²) in [6.07, 6.45) is 0. The zero-order chi connectivity index (χ0) is 15.1. The SMILES string of the molecule is CCNC(CSc1n[nH]c(C)n1)c1ccccc1OCC. The van der Waals surface area contributed by atoms with Crippen LogP contribution in [0.1, 0.15) is 31.3 Å². The smallest absolute Gasteiger partial charge is 0.208 e. The van der Waals surface area contributed by atoms with Crippen LogP contribution in [0.5, 0.6) is 5.75 Å². The third kappa shape index (κ3) is 4.47. The first-order chi connectivity index (χ1) is 10.2. The largest absolute Gasteiger partial charge is 0.494 e. The van der Waals surface area contributed by atoms with Gasteiger partial charge in [-0.05, 0) is 26.5 Å². The highest BCUT2D eigenvalue weighted by Gasteiger charge is 2.16. The highest BCUT2D eigenvalue weighted by atomic mass is 32.2. The third-order valence-corrected chi connectivity index (χ3v) is 3.94. The number of nitrogens with one attached hydrogen (secondary N) is 2. The number of aryl methyl sites for hydroxylation is 1. The van der Waals surface area contributed by atoms with Crippen LogP contribution in [0.3, 0.4) is 0 Å². The third-order valence-electron chi connectivity index (χ3n) is 3.00. The first kappa shape index (κ1) is 15.9. The lowest BCUT2D eigenvalue weighted by molar-refractivity contribution is 0.333. The molecule has 1 aromatic heterocycles. The Morgan fingerprint density at radius 3 is 2.81 bits per heavy atom. The Hall–Kier alpha value is -1.53. The van der Waals surface area contributed by atoms with Gasteiger partial charge in [-0.2, -0.15) is 0 Å². The predicted octanol–water partition coefficient (Wildman–Crippen LogP) is 2.95. The standard InChI is InChI=1S/C15H22N4OS/c1-4-16-13(10-21-15-17-11(3)18-19-15)12-8-6-7-9-14(12)20-5-2/h6-9,13,16H,4-5,10H2,1-3H3,(H,17,18,19). The molecular formula is C15H22N4OS. The van der Waals surface area contributed by atoms with Crippen molar-refractivity contribution >= 4 is 11.8 Å². The summed E-state index contributed by atoms with van der Waals surface area (Å²) in [6.45, 7) is 7.59. The van der Waals surface area contributed by atoms with Crippen molar-refractivity contribution < 1.29 is 4.74 Å². The number of para-hydroxylation sites is 1. The molecule has 114 valence electrons. The molecule has 1 unspecified atom stereocenters. The van der Waals surface area contributed by atoms with E-state index in [0.717, 1.165) is 29.0 Å². The second-order valence-corrected chi connectivity index (χ2v) is 5.58. The van der Waals surface area contributed by atoms with E-state index in [-0.39, 0.29) is 6.04 Å². The van der Waals surface area contributed by atoms with E-state index in [2.05, 4.69) is 33.5 Å². The molecule has 1 aromatic carbocycles. The lowest BCUT2D eigenvalue weighted by Crippen LogP contribution is -2.23. The molecule has 0 aliphatic carbocycles. The fraction of sp³-hybridized carbons (Fsp3) is 0.467. The average Bonchev–Trinajstić information content (AvgIpc) is 2.90. The van der Waals surface area contributed by atoms with Gasteiger partial charge in [0.1, 0.15) is 11.6 Å². The second kappa shape index (κ2) is 8.05. The van der Waals surface area contributed by atoms with Crippen LogP contribution in [-0.2, 0) is 0 Å². The molecule has 0 saturated heterocycles. The molecule has 5 nitrogen and oxygen atoms in total. The van der Waals surface area contributed by atoms with Crippen molar-refractivity contribution in [1.82, 2.24) is 20.5 Å². The number of aromatic amines is 1. The zero-order valence-electron chi connectivity index (χ0n) is 12.7. The van der Waals surface area contributed by atoms with Gasteiger partial charge in [-0.25, -0.2) is 4.98 Å². The molecule has 0 saturated carbocycles. The van der Waals surface area contributed by atoms with E-state index in [1.54, 1.807) is 11.8 Å². The van der Waals surface area contributed by atoms with Gasteiger partial charge in [0.2, 0.25) is 5.16 Å². The Labute approximate surface area is 129 Å². The Kier molecular flexibility index (Phi) is 6.07. The lowest BCUT2D eigenvalue weighted by atomic mass is 10.1. The van der Waals surface area contributed by atoms with Crippen molar-refractivity contribution in [3.8, 4) is 5.75 Å². The molecule has 0 fully saturated rings. The Balaban J connectivity index is 2.10. The van der Waals surface area contributed by atoms with Gasteiger partial charge in [-0.1, -0.05) is 36.9 Å². The molecule has 21 heavy (non-hydrogen) atoms. The van der Waals surface area contributed by atoms with Crippen LogP contribution in [0, 0.1) is 6.92 Å². The molecule has 0 aliphatic rings. The molecule has 1 atom stereocenters. The van der Waals surface area contributed by atoms with Gasteiger partial charge in [0.25, 0.3) is 0 Å². The summed E-state index contributed by atoms with van der Waals surface area (Å²) < 4.78 is 5.73. The lowest BCUT2D eigenvalue weighted by Gasteiger charge is -2.20. The minimum atomic E-state index is 0.210. The number of hydrogen-bond acceptors (Lipinski definition) is 5. The number of hydrogen-bond donors (Lipinski definition) is 2. The maximum atomic E-state index is 5.73. The number of ether oxygens (including phenoxy) is 1. The number of H-pyrrole nitrogens is 1. The van der Waals surface area contributed by atoms with E-state index in [4.69, 9.17) is 4.74 Å². The van der Waals surface area contributed by atoms with E-state index < -0.39 is 0 Å². The molecule has 2 rings (SSSR count). The first-order valence-electron chi connectivity index (χ1n) is 7.21. The van der Waals surface area contributed by atoms with Gasteiger partial charge in [-0.3, -0.25) is 5.10 Å². The molecule has 1 heterocycles. The van der Waals surface area contributed by atoms with Crippen molar-refractivity contribution in [3.63, 3.8) is 0 Å². The second-order valence-electron chi connectivity index (χ2n) is 4.60. The predicted molar refractivity (Wildman–Crippen MR) is 85.9 cm³/mol. The Morgan fingerprint density at radius 2 is 2.14 bits per heavy atom. The van der Waals surface area contributed by atoms with Crippen LogP contribution in [0.25, 0.3) is 0 Å². The number of aromatic nitrogens is 3. The van der Waals surface area contributed by atoms with Gasteiger partial charge >= 0.3 is 0 Å². The van der Waals surface area contributed by atoms with Gasteiger partial charge in [-0.15, -0.1) is 5.10 Å². The normalized spacial score (nSPS) is 12.3. The van der Waals surface area contributed by atoms with Crippen molar-refractivity contribution in [2.24, 2.45) is 0 Å². The summed E-state index contributed by atoms with van der Waals surface area (Å²) in [7, 11) is 0. The van der Waals surface area contributed by atoms with Crippen LogP contribution >= 0.6 is 11.8 Å². The minimum absolute atomic E-state index is 0.210. The van der Waals surface area contributed by atoms with E-state index in [0.29, 0.717) is 6.61 Å². The van der Waals surface area contributed by atoms with Gasteiger partial charge in [0.15, 0.2) is 0 Å². The van der Waals surface area contributed by atoms with E-state index in [1.165, 1.54) is 5.56 Å². The van der Waals surface area contributed by atoms with Crippen molar-refractivity contribution in [1.29, 1.82) is 0 Å². The molecular weight excluding hydrogens is 284 g/mol. The average molecular weight is 306 g/mol. The summed E-state index contributed by atoms with van der Waals surface area (Å²) >= 11 is 1.64. The van der Waals surface area contributed by atoms with Crippen LogP contribution < -0.4 is 10.1 Å². The maximum absolute atomic E-state index is 5.73. The van der Waals surface area contributed by atoms with Crippen LogP contribution in [0.15, 0.2) is 29.4 Å². The van der Waals surface area contributed by atoms with Crippen molar-refractivity contribution in [2.75, 3.05) is 18.9 Å². The molecule has 2 N–H and O–H groups in total. The Bertz CT molecular complexity index is 558. The minimum Gasteiger partial charge on any atom is -0.494 e. The van der Waals surface area contributed by atoms with E-state index >= 15 is 0 Å². The maximum Gasteiger partial charge on any atom is 0.208 e. The highest BCUT2D eigenvalue weighted by molar-refractivity contribution is 7.99. The van der Waals surface area contributed by atoms with E-state index in [1.807, 2.05) is 32.0 Å². The molecule has 0 aliphatic heterocycles. The summed E-state index contributed by atoms with van der Waals surface area (Å²) in [5, 5.41) is 11.3. The monoisotopic (exact) mass is 306 g/mol. The van der Waals surface area contributed by atoms with Crippen molar-refractivity contribution in [2.45, 2.75) is 32.0 Å². The molecule has 6 heteroatoms. The molecule has 2 aromatic rings. The summed E-state index contributed by atoms with van der Waals surface area (Å²) in [4.78, 5) is 4.33. The number of nitrogens with zero attached hydrogens (tertiary/aromatic N) is 2. The molecule has 0 spiro atoms. The highest BCUT2D eigenvalue weighted by Crippen LogP contribution is 2.29. The summed E-state index contributed by atoms with van der Waals surface area (Å²) in [5.41, 5.74) is 1.18. The van der Waals surface area contributed by atoms with Gasteiger partial charge < -0.3 is 10.1 Å². The summed E-state index contributed by atoms with van der Waals surface area (Å²) in [5.74, 6) is 2.64. The van der Waals surface area contributed by atoms with Gasteiger partial charge in [0.05, 0.1) is 6.61 Å². The van der Waals surface area contributed by atoms with Crippen molar-refractivity contribution in [3.05, 3.63) is 35.7 Å². The Morgan fingerprint density at radius 1 is 1.33 bits per heavy atom. The van der Waals surface area contributed by atoms with Crippen LogP contribution in [0.4, 0.5) is 0 Å². The molecule has 0 radical (unpaired) electrons. The first-order valence-corrected chi connectivity index (χ1v) is 8.20. The molecule has 0 amide bonds. The quantitative estimate of drug-likeness (QED) is 0.734. The van der Waals surface area contributed by atoms with E-state index in [9.17, 15) is 0 Å². The van der Waals surface area contributed by atoms with Crippen LogP contribution in [-0.4, -0.2) is 34.1 Å². The molecule has 0 bridgehead atoms. The topological polar surface area (TPSA) is 62.8 Å².